The van der Waals surface area contributed by atoms with E-state index in [0.29, 0.717) is 19.8 Å². The normalized spacial score (nSPS) is 12.2. The molecular weight excluding hydrogens is 216 g/mol. The van der Waals surface area contributed by atoms with Gasteiger partial charge in [0.2, 0.25) is 5.91 Å². The summed E-state index contributed by atoms with van der Waals surface area (Å²) >= 11 is 0. The monoisotopic (exact) mass is 236 g/mol. The Morgan fingerprint density at radius 1 is 1.41 bits per heavy atom. The topological polar surface area (TPSA) is 55.6 Å². The molecule has 0 aromatic heterocycles. The van der Waals surface area contributed by atoms with Crippen molar-refractivity contribution in [1.29, 1.82) is 0 Å². The van der Waals surface area contributed by atoms with Crippen LogP contribution in [0.3, 0.4) is 0 Å². The van der Waals surface area contributed by atoms with Gasteiger partial charge in [-0.1, -0.05) is 30.3 Å². The van der Waals surface area contributed by atoms with Crippen molar-refractivity contribution in [3.8, 4) is 0 Å². The van der Waals surface area contributed by atoms with E-state index in [4.69, 9.17) is 10.5 Å². The van der Waals surface area contributed by atoms with Crippen molar-refractivity contribution in [2.75, 3.05) is 20.2 Å². The van der Waals surface area contributed by atoms with Crippen LogP contribution >= 0.6 is 0 Å². The molecule has 4 nitrogen and oxygen atoms in total. The Morgan fingerprint density at radius 2 is 2.06 bits per heavy atom. The summed E-state index contributed by atoms with van der Waals surface area (Å²) in [6.45, 7) is 3.34. The second-order valence-electron chi connectivity index (χ2n) is 4.09. The molecule has 0 unspecified atom stereocenters. The molecule has 0 fully saturated rings. The molecule has 0 heterocycles. The highest BCUT2D eigenvalue weighted by atomic mass is 16.5. The highest BCUT2D eigenvalue weighted by molar-refractivity contribution is 5.80. The number of benzene rings is 1. The molecule has 0 saturated carbocycles. The lowest BCUT2D eigenvalue weighted by molar-refractivity contribution is -0.131. The van der Waals surface area contributed by atoms with E-state index in [9.17, 15) is 4.79 Å². The zero-order chi connectivity index (χ0) is 12.7. The van der Waals surface area contributed by atoms with Crippen molar-refractivity contribution in [1.82, 2.24) is 4.90 Å². The molecule has 0 aliphatic rings. The average molecular weight is 236 g/mol. The van der Waals surface area contributed by atoms with E-state index in [2.05, 4.69) is 0 Å². The number of nitrogens with zero attached hydrogens (tertiary/aromatic N) is 1. The Bertz CT molecular complexity index is 339. The van der Waals surface area contributed by atoms with E-state index in [-0.39, 0.29) is 5.91 Å². The third kappa shape index (κ3) is 4.97. The van der Waals surface area contributed by atoms with E-state index in [1.165, 1.54) is 0 Å². The standard InChI is InChI=1S/C13H20N2O2/c1-11(14)13(16)15(2)8-9-17-10-12-6-4-3-5-7-12/h3-7,11H,8-10,14H2,1-2H3/t11-/m0/s1. The zero-order valence-corrected chi connectivity index (χ0v) is 10.4. The molecule has 17 heavy (non-hydrogen) atoms. The van der Waals surface area contributed by atoms with Gasteiger partial charge in [0.25, 0.3) is 0 Å². The van der Waals surface area contributed by atoms with Gasteiger partial charge >= 0.3 is 0 Å². The van der Waals surface area contributed by atoms with Crippen LogP contribution in [0.1, 0.15) is 12.5 Å². The van der Waals surface area contributed by atoms with Crippen molar-refractivity contribution in [3.05, 3.63) is 35.9 Å². The van der Waals surface area contributed by atoms with Crippen LogP contribution in [0, 0.1) is 0 Å². The van der Waals surface area contributed by atoms with Gasteiger partial charge in [-0.05, 0) is 12.5 Å². The van der Waals surface area contributed by atoms with Crippen LogP contribution in [0.15, 0.2) is 30.3 Å². The van der Waals surface area contributed by atoms with E-state index >= 15 is 0 Å². The molecule has 0 bridgehead atoms. The molecule has 1 amide bonds. The molecule has 94 valence electrons. The lowest BCUT2D eigenvalue weighted by Gasteiger charge is -2.19. The molecule has 0 spiro atoms. The van der Waals surface area contributed by atoms with Crippen molar-refractivity contribution in [2.45, 2.75) is 19.6 Å². The summed E-state index contributed by atoms with van der Waals surface area (Å²) in [5, 5.41) is 0. The van der Waals surface area contributed by atoms with Crippen molar-refractivity contribution in [3.63, 3.8) is 0 Å². The van der Waals surface area contributed by atoms with Crippen LogP contribution in [-0.4, -0.2) is 37.0 Å². The van der Waals surface area contributed by atoms with Crippen molar-refractivity contribution >= 4 is 5.91 Å². The van der Waals surface area contributed by atoms with Gasteiger partial charge in [0.15, 0.2) is 0 Å². The second-order valence-corrected chi connectivity index (χ2v) is 4.09. The van der Waals surface area contributed by atoms with Gasteiger partial charge in [0, 0.05) is 13.6 Å². The maximum atomic E-state index is 11.5. The number of carbonyl (C=O) groups is 1. The molecule has 1 rings (SSSR count). The quantitative estimate of drug-likeness (QED) is 0.750. The third-order valence-corrected chi connectivity index (χ3v) is 2.45. The minimum Gasteiger partial charge on any atom is -0.375 e. The Morgan fingerprint density at radius 3 is 2.65 bits per heavy atom. The van der Waals surface area contributed by atoms with E-state index in [1.807, 2.05) is 30.3 Å². The predicted octanol–water partition coefficient (Wildman–Crippen LogP) is 1.01. The number of rotatable bonds is 6. The Hall–Kier alpha value is -1.39. The van der Waals surface area contributed by atoms with Gasteiger partial charge in [0.05, 0.1) is 19.3 Å². The maximum absolute atomic E-state index is 11.5. The maximum Gasteiger partial charge on any atom is 0.239 e. The first kappa shape index (κ1) is 13.7. The number of likely N-dealkylation sites (N-methyl/N-ethyl adjacent to an activating group) is 1. The summed E-state index contributed by atoms with van der Waals surface area (Å²) in [6.07, 6.45) is 0. The van der Waals surface area contributed by atoms with Crippen molar-refractivity contribution in [2.24, 2.45) is 5.73 Å². The number of ether oxygens (including phenoxy) is 1. The molecular formula is C13H20N2O2. The summed E-state index contributed by atoms with van der Waals surface area (Å²) in [5.74, 6) is -0.0617. The number of hydrogen-bond acceptors (Lipinski definition) is 3. The average Bonchev–Trinajstić information content (AvgIpc) is 2.34. The first-order chi connectivity index (χ1) is 8.11. The number of amides is 1. The van der Waals surface area contributed by atoms with Gasteiger partial charge in [-0.15, -0.1) is 0 Å². The van der Waals surface area contributed by atoms with Crippen LogP contribution in [0.25, 0.3) is 0 Å². The number of nitrogens with two attached hydrogens (primary N) is 1. The molecule has 2 N–H and O–H groups in total. The SMILES string of the molecule is C[C@H](N)C(=O)N(C)CCOCc1ccccc1. The van der Waals surface area contributed by atoms with Crippen molar-refractivity contribution < 1.29 is 9.53 Å². The molecule has 0 saturated heterocycles. The van der Waals surface area contributed by atoms with Gasteiger partial charge < -0.3 is 15.4 Å². The largest absolute Gasteiger partial charge is 0.375 e. The lowest BCUT2D eigenvalue weighted by Crippen LogP contribution is -2.41. The zero-order valence-electron chi connectivity index (χ0n) is 10.4. The van der Waals surface area contributed by atoms with E-state index in [1.54, 1.807) is 18.9 Å². The molecule has 1 aromatic rings. The molecule has 4 heteroatoms. The van der Waals surface area contributed by atoms with Gasteiger partial charge in [0.1, 0.15) is 0 Å². The first-order valence-corrected chi connectivity index (χ1v) is 5.73. The molecule has 1 atom stereocenters. The Kier molecular flexibility index (Phi) is 5.66. The summed E-state index contributed by atoms with van der Waals surface area (Å²) in [5.41, 5.74) is 6.63. The summed E-state index contributed by atoms with van der Waals surface area (Å²) in [6, 6.07) is 9.50. The Labute approximate surface area is 102 Å². The fourth-order valence-electron chi connectivity index (χ4n) is 1.42. The first-order valence-electron chi connectivity index (χ1n) is 5.73. The van der Waals surface area contributed by atoms with Crippen LogP contribution < -0.4 is 5.73 Å². The molecule has 1 aromatic carbocycles. The van der Waals surface area contributed by atoms with Gasteiger partial charge in [-0.25, -0.2) is 0 Å². The fourth-order valence-corrected chi connectivity index (χ4v) is 1.42. The predicted molar refractivity (Wildman–Crippen MR) is 67.4 cm³/mol. The highest BCUT2D eigenvalue weighted by Gasteiger charge is 2.12. The third-order valence-electron chi connectivity index (χ3n) is 2.45. The molecule has 0 radical (unpaired) electrons. The number of hydrogen-bond donors (Lipinski definition) is 1. The van der Waals surface area contributed by atoms with Crippen LogP contribution in [-0.2, 0) is 16.1 Å². The van der Waals surface area contributed by atoms with Gasteiger partial charge in [-0.2, -0.15) is 0 Å². The van der Waals surface area contributed by atoms with Crippen LogP contribution in [0.2, 0.25) is 0 Å². The summed E-state index contributed by atoms with van der Waals surface area (Å²) in [4.78, 5) is 13.0. The van der Waals surface area contributed by atoms with E-state index < -0.39 is 6.04 Å². The lowest BCUT2D eigenvalue weighted by atomic mass is 10.2. The number of carbonyl (C=O) groups excluding carboxylic acids is 1. The smallest absolute Gasteiger partial charge is 0.239 e. The van der Waals surface area contributed by atoms with Crippen LogP contribution in [0.5, 0.6) is 0 Å². The highest BCUT2D eigenvalue weighted by Crippen LogP contribution is 2.00. The summed E-state index contributed by atoms with van der Waals surface area (Å²) in [7, 11) is 1.73. The second kappa shape index (κ2) is 7.04. The van der Waals surface area contributed by atoms with E-state index in [0.717, 1.165) is 5.56 Å². The minimum atomic E-state index is -0.450. The van der Waals surface area contributed by atoms with Crippen LogP contribution in [0.4, 0.5) is 0 Å². The minimum absolute atomic E-state index is 0.0617. The molecule has 0 aliphatic carbocycles. The Balaban J connectivity index is 2.18. The summed E-state index contributed by atoms with van der Waals surface area (Å²) < 4.78 is 5.49. The fraction of sp³-hybridized carbons (Fsp3) is 0.462. The van der Waals surface area contributed by atoms with Gasteiger partial charge in [-0.3, -0.25) is 4.79 Å². The molecule has 0 aliphatic heterocycles.